The van der Waals surface area contributed by atoms with Crippen LogP contribution in [-0.4, -0.2) is 11.1 Å². The summed E-state index contributed by atoms with van der Waals surface area (Å²) in [5.41, 5.74) is 25.8. The van der Waals surface area contributed by atoms with E-state index in [2.05, 4.69) is 249 Å². The molecule has 0 N–H and O–H groups in total. The SMILES string of the molecule is Cc1ccc(-c2cc3c4c(c2)N2c5ccc(C(C)(C)C)cc5Sc5cc(C(C)(C)C)cc(c52)B4c2cc(C(C)(C)C)cc4c2N3c2ccc(C(C)(C)C)cc2S4)c2c3ccccc3n3c4ccccc4[n+](C)c3c12. The predicted octanol–water partition coefficient (Wildman–Crippen LogP) is 16.4. The molecule has 10 aromatic rings. The maximum Gasteiger partial charge on any atom is 0.295 e. The highest BCUT2D eigenvalue weighted by Gasteiger charge is 2.49. The number of imidazole rings is 1. The largest absolute Gasteiger partial charge is 0.309 e. The third-order valence-corrected chi connectivity index (χ3v) is 19.0. The van der Waals surface area contributed by atoms with Crippen molar-refractivity contribution in [3.63, 3.8) is 0 Å². The van der Waals surface area contributed by atoms with Gasteiger partial charge < -0.3 is 9.80 Å². The number of benzene rings is 8. The van der Waals surface area contributed by atoms with Crippen molar-refractivity contribution in [3.8, 4) is 11.1 Å². The van der Waals surface area contributed by atoms with Gasteiger partial charge in [0.15, 0.2) is 11.0 Å². The second kappa shape index (κ2) is 15.1. The summed E-state index contributed by atoms with van der Waals surface area (Å²) in [5, 5.41) is 3.84. The van der Waals surface area contributed by atoms with Crippen LogP contribution in [0.1, 0.15) is 111 Å². The molecule has 0 unspecified atom stereocenters. The standard InChI is InChI=1S/C67H64BN4S2/c1-37-23-26-43(59-44-19-15-16-20-47(44)72-49-22-18-17-21-48(49)69(14)63(72)58(37)59)38-29-52-60-53(30-38)71-51-28-25-40(65(5,6)7)34-55(51)74-57-36-42(67(11,12)13)32-46(62(57)71)68(60)45-31-41(66(8,9)10)35-56-61(45)70(52)50-27-24-39(64(2,3)4)33-54(50)73-56/h15-36H,1-14H3/q+1. The van der Waals surface area contributed by atoms with E-state index < -0.39 is 0 Å². The van der Waals surface area contributed by atoms with Crippen LogP contribution in [-0.2, 0) is 28.7 Å². The van der Waals surface area contributed by atoms with E-state index in [-0.39, 0.29) is 28.4 Å². The van der Waals surface area contributed by atoms with Crippen LogP contribution >= 0.6 is 23.5 Å². The molecule has 14 rings (SSSR count). The van der Waals surface area contributed by atoms with Crippen molar-refractivity contribution in [1.82, 2.24) is 4.40 Å². The minimum Gasteiger partial charge on any atom is -0.309 e. The van der Waals surface area contributed by atoms with Crippen LogP contribution in [0.5, 0.6) is 0 Å². The Morgan fingerprint density at radius 1 is 0.459 bits per heavy atom. The molecule has 0 saturated heterocycles. The number of hydrogen-bond acceptors (Lipinski definition) is 4. The first-order valence-electron chi connectivity index (χ1n) is 26.6. The van der Waals surface area contributed by atoms with E-state index in [0.717, 1.165) is 0 Å². The number of rotatable bonds is 1. The molecule has 0 atom stereocenters. The Hall–Kier alpha value is -6.41. The van der Waals surface area contributed by atoms with Crippen LogP contribution in [0, 0.1) is 6.92 Å². The zero-order chi connectivity index (χ0) is 51.4. The monoisotopic (exact) mass is 999 g/mol. The summed E-state index contributed by atoms with van der Waals surface area (Å²) in [6.45, 7) is 30.7. The van der Waals surface area contributed by atoms with Crippen molar-refractivity contribution < 1.29 is 4.57 Å². The van der Waals surface area contributed by atoms with Gasteiger partial charge >= 0.3 is 0 Å². The van der Waals surface area contributed by atoms with Gasteiger partial charge in [0.2, 0.25) is 0 Å². The lowest BCUT2D eigenvalue weighted by atomic mass is 9.33. The van der Waals surface area contributed by atoms with E-state index in [1.807, 2.05) is 23.5 Å². The van der Waals surface area contributed by atoms with Crippen LogP contribution in [0.25, 0.3) is 49.5 Å². The molecule has 4 nitrogen and oxygen atoms in total. The van der Waals surface area contributed by atoms with Gasteiger partial charge in [-0.05, 0) is 151 Å². The number of aromatic nitrogens is 2. The first kappa shape index (κ1) is 46.2. The summed E-state index contributed by atoms with van der Waals surface area (Å²) < 4.78 is 4.92. The number of anilines is 6. The second-order valence-corrected chi connectivity index (χ2v) is 28.0. The normalized spacial score (nSPS) is 14.7. The molecule has 6 heterocycles. The highest BCUT2D eigenvalue weighted by atomic mass is 32.2. The van der Waals surface area contributed by atoms with Crippen molar-refractivity contribution in [2.45, 2.75) is 131 Å². The number of nitrogens with zero attached hydrogens (tertiary/aromatic N) is 4. The average molecular weight is 1000 g/mol. The van der Waals surface area contributed by atoms with Gasteiger partial charge in [0.25, 0.3) is 12.4 Å². The Balaban J connectivity index is 1.16. The summed E-state index contributed by atoms with van der Waals surface area (Å²) in [7, 11) is 2.25. The van der Waals surface area contributed by atoms with Crippen LogP contribution in [0.2, 0.25) is 0 Å². The van der Waals surface area contributed by atoms with Gasteiger partial charge in [-0.15, -0.1) is 0 Å². The summed E-state index contributed by atoms with van der Waals surface area (Å²) in [5.74, 6) is 0. The molecule has 8 aromatic carbocycles. The minimum absolute atomic E-state index is 0.00221. The van der Waals surface area contributed by atoms with Crippen molar-refractivity contribution in [3.05, 3.63) is 161 Å². The lowest BCUT2D eigenvalue weighted by Crippen LogP contribution is -2.62. The van der Waals surface area contributed by atoms with Gasteiger partial charge in [0, 0.05) is 41.7 Å². The number of para-hydroxylation sites is 3. The molecule has 0 saturated carbocycles. The number of hydrogen-bond donors (Lipinski definition) is 0. The van der Waals surface area contributed by atoms with E-state index in [9.17, 15) is 0 Å². The van der Waals surface area contributed by atoms with E-state index >= 15 is 0 Å². The maximum absolute atomic E-state index is 2.70. The molecule has 0 bridgehead atoms. The fourth-order valence-electron chi connectivity index (χ4n) is 12.8. The Labute approximate surface area is 445 Å². The third kappa shape index (κ3) is 6.41. The van der Waals surface area contributed by atoms with Gasteiger partial charge in [-0.25, -0.2) is 4.57 Å². The fourth-order valence-corrected chi connectivity index (χ4v) is 15.2. The fraction of sp³-hybridized carbons (Fsp3) is 0.269. The highest BCUT2D eigenvalue weighted by Crippen LogP contribution is 2.59. The van der Waals surface area contributed by atoms with Crippen molar-refractivity contribution in [1.29, 1.82) is 0 Å². The highest BCUT2D eigenvalue weighted by molar-refractivity contribution is 8.00. The van der Waals surface area contributed by atoms with Gasteiger partial charge in [-0.1, -0.05) is 173 Å². The number of aryl methyl sites for hydroxylation is 2. The molecule has 0 amide bonds. The van der Waals surface area contributed by atoms with E-state index in [1.165, 1.54) is 147 Å². The molecule has 366 valence electrons. The average Bonchev–Trinajstić information content (AvgIpc) is 3.65. The summed E-state index contributed by atoms with van der Waals surface area (Å²) in [6, 6.07) is 52.9. The van der Waals surface area contributed by atoms with Crippen LogP contribution in [0.3, 0.4) is 0 Å². The van der Waals surface area contributed by atoms with Gasteiger partial charge in [-0.3, -0.25) is 0 Å². The molecule has 0 spiro atoms. The van der Waals surface area contributed by atoms with Crippen molar-refractivity contribution >= 4 is 119 Å². The maximum atomic E-state index is 2.70. The summed E-state index contributed by atoms with van der Waals surface area (Å²) in [6.07, 6.45) is 0. The Bertz CT molecular complexity index is 4010. The molecule has 7 heteroatoms. The van der Waals surface area contributed by atoms with E-state index in [0.29, 0.717) is 0 Å². The number of fused-ring (bicyclic) bond motifs is 16. The summed E-state index contributed by atoms with van der Waals surface area (Å²) in [4.78, 5) is 10.7. The third-order valence-electron chi connectivity index (χ3n) is 16.9. The molecule has 0 radical (unpaired) electrons. The lowest BCUT2D eigenvalue weighted by Gasteiger charge is -2.48. The quantitative estimate of drug-likeness (QED) is 0.0924. The molecule has 4 aliphatic heterocycles. The molecular formula is C67H64BN4S2+. The Morgan fingerprint density at radius 3 is 1.47 bits per heavy atom. The Morgan fingerprint density at radius 2 is 0.946 bits per heavy atom. The minimum atomic E-state index is -0.0620. The van der Waals surface area contributed by atoms with Crippen LogP contribution < -0.4 is 30.8 Å². The van der Waals surface area contributed by atoms with Crippen LogP contribution in [0.4, 0.5) is 34.1 Å². The molecule has 0 fully saturated rings. The van der Waals surface area contributed by atoms with E-state index in [1.54, 1.807) is 0 Å². The molecule has 0 aliphatic carbocycles. The topological polar surface area (TPSA) is 14.8 Å². The lowest BCUT2D eigenvalue weighted by molar-refractivity contribution is -0.617. The molecule has 74 heavy (non-hydrogen) atoms. The molecule has 4 aliphatic rings. The zero-order valence-corrected chi connectivity index (χ0v) is 47.0. The Kier molecular flexibility index (Phi) is 9.44. The van der Waals surface area contributed by atoms with Gasteiger partial charge in [0.05, 0.1) is 35.2 Å². The second-order valence-electron chi connectivity index (χ2n) is 25.8. The number of pyridine rings is 1. The zero-order valence-electron chi connectivity index (χ0n) is 45.4. The molecular weight excluding hydrogens is 936 g/mol. The molecule has 2 aromatic heterocycles. The van der Waals surface area contributed by atoms with Crippen molar-refractivity contribution in [2.75, 3.05) is 9.80 Å². The first-order valence-corrected chi connectivity index (χ1v) is 28.2. The smallest absolute Gasteiger partial charge is 0.295 e. The van der Waals surface area contributed by atoms with Gasteiger partial charge in [0.1, 0.15) is 5.52 Å². The summed E-state index contributed by atoms with van der Waals surface area (Å²) >= 11 is 3.94. The van der Waals surface area contributed by atoms with Gasteiger partial charge in [-0.2, -0.15) is 4.40 Å². The predicted molar refractivity (Wildman–Crippen MR) is 318 cm³/mol. The van der Waals surface area contributed by atoms with E-state index in [4.69, 9.17) is 0 Å². The first-order chi connectivity index (χ1) is 35.1. The van der Waals surface area contributed by atoms with Crippen molar-refractivity contribution in [2.24, 2.45) is 7.05 Å². The van der Waals surface area contributed by atoms with Crippen LogP contribution in [0.15, 0.2) is 153 Å².